The number of aliphatic imine (C=N–C) groups is 1. The molecule has 0 saturated carbocycles. The molecular weight excluding hydrogens is 1330 g/mol. The number of halogens is 6. The van der Waals surface area contributed by atoms with Gasteiger partial charge in [-0.1, -0.05) is 194 Å². The summed E-state index contributed by atoms with van der Waals surface area (Å²) < 4.78 is 102. The van der Waals surface area contributed by atoms with Gasteiger partial charge in [-0.2, -0.15) is 0 Å². The second-order valence-electron chi connectivity index (χ2n) is 25.7. The average molecular weight is 1390 g/mol. The summed E-state index contributed by atoms with van der Waals surface area (Å²) in [6.07, 6.45) is -3.38. The van der Waals surface area contributed by atoms with Crippen LogP contribution < -0.4 is 18.9 Å². The van der Waals surface area contributed by atoms with Gasteiger partial charge in [-0.25, -0.2) is 29.9 Å². The lowest BCUT2D eigenvalue weighted by Gasteiger charge is -2.39. The predicted molar refractivity (Wildman–Crippen MR) is 391 cm³/mol. The standard InChI is InChI=1S/C88H53F6N7O4/c1-95-74(53-32-34-55(35-33-53)80-96-79(54-18-3-2-4-19-54)98-83(99-80)58-40-47-76-72(50-58)85(70-28-14-16-30-75(70)102-76)66-24-10-6-20-62(66)63-21-7-11-25-67(63)85)29-15-5-17-52-31-46-71-78(49-52)103-77-48-41-59(51-73(77)86(71)68-26-12-8-22-64(68)65-23-9-13-27-69(65)86)84-100-81(56-36-42-60(43-37-56)104-87(89,90)91)97-82(101-84)57-38-44-61(45-39-57)105-88(92,93)94/h2-16,18-51H,1,17H2/b15-5-,74-29-. The lowest BCUT2D eigenvalue weighted by Crippen LogP contribution is -2.32. The quantitative estimate of drug-likeness (QED) is 0.0625. The SMILES string of the molecule is C=N/C(=C\C=C/Cc1ccc2c(c1)Oc1ccc(-c3nc(-c4ccc(OC(F)(F)F)cc4)nc(-c4ccc(OC(F)(F)F)cc4)n3)cc1C21c2ccccc2-c2ccccc21)c1ccc(-c2nc(-c3ccccc3)nc(-c3ccc4c(c3)C3(c5ccccc5O4)c4ccccc4-c4ccccc43)n2)cc1. The van der Waals surface area contributed by atoms with E-state index >= 15 is 0 Å². The molecule has 17 heteroatoms. The van der Waals surface area contributed by atoms with Gasteiger partial charge < -0.3 is 18.9 Å². The second-order valence-corrected chi connectivity index (χ2v) is 25.7. The first-order valence-electron chi connectivity index (χ1n) is 33.7. The topological polar surface area (TPSA) is 127 Å². The zero-order chi connectivity index (χ0) is 71.2. The highest BCUT2D eigenvalue weighted by atomic mass is 19.4. The van der Waals surface area contributed by atoms with Crippen molar-refractivity contribution in [3.05, 3.63) is 353 Å². The van der Waals surface area contributed by atoms with E-state index in [2.05, 4.69) is 141 Å². The van der Waals surface area contributed by atoms with Crippen molar-refractivity contribution in [1.82, 2.24) is 29.9 Å². The first-order chi connectivity index (χ1) is 51.2. The Balaban J connectivity index is 0.656. The third-order valence-electron chi connectivity index (χ3n) is 19.7. The number of nitrogens with zero attached hydrogens (tertiary/aromatic N) is 7. The summed E-state index contributed by atoms with van der Waals surface area (Å²) in [5.41, 5.74) is 17.0. The summed E-state index contributed by atoms with van der Waals surface area (Å²) >= 11 is 0. The van der Waals surface area contributed by atoms with Crippen molar-refractivity contribution in [2.75, 3.05) is 0 Å². The minimum absolute atomic E-state index is 0.0743. The molecule has 105 heavy (non-hydrogen) atoms. The van der Waals surface area contributed by atoms with Crippen LogP contribution in [0.4, 0.5) is 26.3 Å². The van der Waals surface area contributed by atoms with Crippen molar-refractivity contribution in [2.45, 2.75) is 30.0 Å². The molecule has 0 atom stereocenters. The lowest BCUT2D eigenvalue weighted by molar-refractivity contribution is -0.275. The van der Waals surface area contributed by atoms with E-state index in [9.17, 15) is 26.3 Å². The smallest absolute Gasteiger partial charge is 0.457 e. The molecule has 2 spiro atoms. The molecule has 12 aromatic carbocycles. The summed E-state index contributed by atoms with van der Waals surface area (Å²) in [7, 11) is 0. The zero-order valence-corrected chi connectivity index (χ0v) is 55.2. The fourth-order valence-electron chi connectivity index (χ4n) is 15.3. The molecular formula is C88H53F6N7O4. The number of rotatable bonds is 13. The Morgan fingerprint density at radius 2 is 0.705 bits per heavy atom. The highest BCUT2D eigenvalue weighted by Crippen LogP contribution is 2.64. The number of para-hydroxylation sites is 1. The van der Waals surface area contributed by atoms with E-state index in [1.54, 1.807) is 0 Å². The van der Waals surface area contributed by atoms with Gasteiger partial charge in [0, 0.05) is 61.2 Å². The minimum Gasteiger partial charge on any atom is -0.457 e. The van der Waals surface area contributed by atoms with E-state index in [-0.39, 0.29) is 17.5 Å². The molecule has 4 aliphatic rings. The number of alkyl halides is 6. The number of aromatic nitrogens is 6. The Labute approximate surface area is 597 Å². The number of hydrogen-bond donors (Lipinski definition) is 0. The number of benzene rings is 12. The molecule has 2 aliphatic heterocycles. The molecule has 14 aromatic rings. The predicted octanol–water partition coefficient (Wildman–Crippen LogP) is 21.6. The van der Waals surface area contributed by atoms with Crippen LogP contribution in [0.3, 0.4) is 0 Å². The third-order valence-corrected chi connectivity index (χ3v) is 19.7. The molecule has 0 radical (unpaired) electrons. The monoisotopic (exact) mass is 1390 g/mol. The molecule has 0 unspecified atom stereocenters. The van der Waals surface area contributed by atoms with Crippen LogP contribution in [-0.4, -0.2) is 49.3 Å². The fourth-order valence-corrected chi connectivity index (χ4v) is 15.3. The summed E-state index contributed by atoms with van der Waals surface area (Å²) in [6, 6.07) is 88.2. The Hall–Kier alpha value is -13.4. The molecule has 2 aliphatic carbocycles. The van der Waals surface area contributed by atoms with Gasteiger partial charge in [0.1, 0.15) is 34.5 Å². The Kier molecular flexibility index (Phi) is 15.2. The maximum Gasteiger partial charge on any atom is 0.573 e. The summed E-state index contributed by atoms with van der Waals surface area (Å²) in [5.74, 6) is 3.73. The molecule has 506 valence electrons. The molecule has 0 saturated heterocycles. The van der Waals surface area contributed by atoms with Gasteiger partial charge in [0.25, 0.3) is 0 Å². The molecule has 11 nitrogen and oxygen atoms in total. The number of ether oxygens (including phenoxy) is 4. The molecule has 4 heterocycles. The first kappa shape index (κ1) is 63.7. The van der Waals surface area contributed by atoms with Crippen molar-refractivity contribution >= 4 is 12.4 Å². The summed E-state index contributed by atoms with van der Waals surface area (Å²) in [4.78, 5) is 34.4. The zero-order valence-electron chi connectivity index (χ0n) is 55.2. The van der Waals surface area contributed by atoms with Gasteiger partial charge in [-0.05, 0) is 166 Å². The lowest BCUT2D eigenvalue weighted by atomic mass is 9.65. The molecule has 0 fully saturated rings. The molecule has 0 N–H and O–H groups in total. The Morgan fingerprint density at radius 1 is 0.352 bits per heavy atom. The fraction of sp³-hybridized carbons (Fsp3) is 0.0568. The van der Waals surface area contributed by atoms with Crippen molar-refractivity contribution in [1.29, 1.82) is 0 Å². The van der Waals surface area contributed by atoms with E-state index in [4.69, 9.17) is 34.4 Å². The summed E-state index contributed by atoms with van der Waals surface area (Å²) in [5, 5.41) is 0. The van der Waals surface area contributed by atoms with E-state index in [1.807, 2.05) is 133 Å². The van der Waals surface area contributed by atoms with E-state index in [0.717, 1.165) is 108 Å². The Morgan fingerprint density at radius 3 is 1.14 bits per heavy atom. The molecule has 2 aromatic heterocycles. The highest BCUT2D eigenvalue weighted by molar-refractivity contribution is 5.91. The highest BCUT2D eigenvalue weighted by Gasteiger charge is 2.53. The normalized spacial score (nSPS) is 13.8. The van der Waals surface area contributed by atoms with Crippen molar-refractivity contribution < 1.29 is 45.3 Å². The maximum atomic E-state index is 13.3. The van der Waals surface area contributed by atoms with Gasteiger partial charge in [0.2, 0.25) is 0 Å². The van der Waals surface area contributed by atoms with Crippen molar-refractivity contribution in [2.24, 2.45) is 4.99 Å². The van der Waals surface area contributed by atoms with Gasteiger partial charge in [-0.3, -0.25) is 4.99 Å². The minimum atomic E-state index is -4.93. The van der Waals surface area contributed by atoms with Gasteiger partial charge in [0.05, 0.1) is 16.5 Å². The van der Waals surface area contributed by atoms with Crippen LogP contribution in [0.5, 0.6) is 34.5 Å². The van der Waals surface area contributed by atoms with Crippen molar-refractivity contribution in [3.63, 3.8) is 0 Å². The van der Waals surface area contributed by atoms with Crippen LogP contribution in [0, 0.1) is 0 Å². The third kappa shape index (κ3) is 11.1. The van der Waals surface area contributed by atoms with E-state index in [1.165, 1.54) is 46.5 Å². The van der Waals surface area contributed by atoms with Crippen molar-refractivity contribution in [3.8, 4) is 125 Å². The van der Waals surface area contributed by atoms with Crippen LogP contribution in [0.1, 0.15) is 55.6 Å². The van der Waals surface area contributed by atoms with E-state index < -0.39 is 35.1 Å². The maximum absolute atomic E-state index is 13.3. The second kappa shape index (κ2) is 25.0. The molecule has 18 rings (SSSR count). The largest absolute Gasteiger partial charge is 0.573 e. The van der Waals surface area contributed by atoms with Crippen LogP contribution in [0.15, 0.2) is 302 Å². The number of hydrogen-bond acceptors (Lipinski definition) is 11. The summed E-state index contributed by atoms with van der Waals surface area (Å²) in [6.45, 7) is 3.97. The molecule has 0 amide bonds. The van der Waals surface area contributed by atoms with E-state index in [0.29, 0.717) is 57.8 Å². The first-order valence-corrected chi connectivity index (χ1v) is 33.7. The number of fused-ring (bicyclic) bond motifs is 18. The average Bonchev–Trinajstić information content (AvgIpc) is 1.56. The van der Waals surface area contributed by atoms with Crippen LogP contribution in [0.25, 0.3) is 96.3 Å². The van der Waals surface area contributed by atoms with Gasteiger partial charge in [0.15, 0.2) is 34.9 Å². The van der Waals surface area contributed by atoms with Crippen LogP contribution in [-0.2, 0) is 17.3 Å². The molecule has 0 bridgehead atoms. The number of allylic oxidation sites excluding steroid dienone is 3. The Bertz CT molecular complexity index is 5730. The van der Waals surface area contributed by atoms with Crippen LogP contribution in [0.2, 0.25) is 0 Å². The van der Waals surface area contributed by atoms with Gasteiger partial charge in [-0.15, -0.1) is 26.3 Å². The van der Waals surface area contributed by atoms with Gasteiger partial charge >= 0.3 is 12.7 Å². The van der Waals surface area contributed by atoms with Crippen LogP contribution >= 0.6 is 0 Å².